The van der Waals surface area contributed by atoms with Crippen molar-refractivity contribution in [3.05, 3.63) is 23.8 Å². The Morgan fingerprint density at radius 1 is 1.27 bits per heavy atom. The quantitative estimate of drug-likeness (QED) is 0.571. The molecule has 1 heterocycles. The van der Waals surface area contributed by atoms with Crippen molar-refractivity contribution in [2.45, 2.75) is 13.0 Å². The molecule has 0 bridgehead atoms. The van der Waals surface area contributed by atoms with Crippen molar-refractivity contribution in [1.29, 1.82) is 0 Å². The molecule has 4 nitrogen and oxygen atoms in total. The van der Waals surface area contributed by atoms with Gasteiger partial charge in [-0.3, -0.25) is 18.8 Å². The van der Waals surface area contributed by atoms with E-state index < -0.39 is 0 Å². The fourth-order valence-electron chi connectivity index (χ4n) is 1.33. The molecule has 2 aromatic rings. The maximum absolute atomic E-state index is 11.9. The summed E-state index contributed by atoms with van der Waals surface area (Å²) in [5, 5.41) is 0. The molecule has 0 spiro atoms. The first-order valence-corrected chi connectivity index (χ1v) is 4.79. The SMILES string of the molecule is C[C@@H](C(=O)c1ccc2ooc2c1)N(C)C. The van der Waals surface area contributed by atoms with E-state index in [4.69, 9.17) is 9.15 Å². The first kappa shape index (κ1) is 9.98. The van der Waals surface area contributed by atoms with Gasteiger partial charge in [0.15, 0.2) is 5.78 Å². The highest BCUT2D eigenvalue weighted by molar-refractivity contribution is 6.01. The molecule has 4 heteroatoms. The highest BCUT2D eigenvalue weighted by atomic mass is 17.0. The largest absolute Gasteiger partial charge is 0.300 e. The zero-order valence-electron chi connectivity index (χ0n) is 8.98. The molecular formula is C11H13NO3. The van der Waals surface area contributed by atoms with E-state index >= 15 is 0 Å². The number of benzene rings is 1. The lowest BCUT2D eigenvalue weighted by molar-refractivity contribution is 0.0587. The van der Waals surface area contributed by atoms with E-state index in [9.17, 15) is 4.79 Å². The topological polar surface area (TPSA) is 46.6 Å². The van der Waals surface area contributed by atoms with Crippen LogP contribution in [-0.2, 0) is 0 Å². The summed E-state index contributed by atoms with van der Waals surface area (Å²) in [7, 11) is 3.76. The Hall–Kier alpha value is -1.55. The molecule has 2 rings (SSSR count). The number of carbonyl (C=O) groups is 1. The van der Waals surface area contributed by atoms with E-state index in [1.807, 2.05) is 25.9 Å². The molecule has 0 unspecified atom stereocenters. The van der Waals surface area contributed by atoms with Gasteiger partial charge in [-0.25, -0.2) is 0 Å². The number of Topliss-reactive ketones (excluding diaryl/α,β-unsaturated/α-hetero) is 1. The van der Waals surface area contributed by atoms with Crippen molar-refractivity contribution in [2.24, 2.45) is 0 Å². The molecule has 15 heavy (non-hydrogen) atoms. The predicted molar refractivity (Wildman–Crippen MR) is 56.0 cm³/mol. The highest BCUT2D eigenvalue weighted by Gasteiger charge is 2.18. The summed E-state index contributed by atoms with van der Waals surface area (Å²) in [6, 6.07) is 5.07. The molecule has 80 valence electrons. The average Bonchev–Trinajstić information content (AvgIpc) is 2.17. The summed E-state index contributed by atoms with van der Waals surface area (Å²) < 4.78 is 9.44. The monoisotopic (exact) mass is 207 g/mol. The van der Waals surface area contributed by atoms with Crippen LogP contribution in [0.1, 0.15) is 17.3 Å². The lowest BCUT2D eigenvalue weighted by Crippen LogP contribution is -2.32. The summed E-state index contributed by atoms with van der Waals surface area (Å²) in [6.45, 7) is 1.87. The van der Waals surface area contributed by atoms with Gasteiger partial charge in [0.1, 0.15) is 0 Å². The van der Waals surface area contributed by atoms with Crippen molar-refractivity contribution >= 4 is 16.9 Å². The van der Waals surface area contributed by atoms with Crippen LogP contribution in [0.3, 0.4) is 0 Å². The smallest absolute Gasteiger partial charge is 0.226 e. The summed E-state index contributed by atoms with van der Waals surface area (Å²) in [4.78, 5) is 13.8. The van der Waals surface area contributed by atoms with Crippen molar-refractivity contribution < 1.29 is 13.9 Å². The predicted octanol–water partition coefficient (Wildman–Crippen LogP) is 2.16. The van der Waals surface area contributed by atoms with Gasteiger partial charge in [0.05, 0.1) is 6.04 Å². The normalized spacial score (nSPS) is 13.6. The first-order valence-electron chi connectivity index (χ1n) is 4.79. The Kier molecular flexibility index (Phi) is 2.36. The van der Waals surface area contributed by atoms with Crippen molar-refractivity contribution in [1.82, 2.24) is 4.90 Å². The molecular weight excluding hydrogens is 194 g/mol. The number of hydrogen-bond acceptors (Lipinski definition) is 4. The molecule has 0 radical (unpaired) electrons. The van der Waals surface area contributed by atoms with E-state index in [-0.39, 0.29) is 11.8 Å². The number of likely N-dealkylation sites (N-methyl/N-ethyl adjacent to an activating group) is 1. The third kappa shape index (κ3) is 1.68. The van der Waals surface area contributed by atoms with E-state index in [1.54, 1.807) is 18.2 Å². The van der Waals surface area contributed by atoms with Gasteiger partial charge < -0.3 is 0 Å². The van der Waals surface area contributed by atoms with Crippen molar-refractivity contribution in [3.8, 4) is 0 Å². The van der Waals surface area contributed by atoms with Crippen LogP contribution in [0.15, 0.2) is 27.4 Å². The molecule has 0 saturated carbocycles. The molecule has 1 atom stereocenters. The summed E-state index contributed by atoms with van der Waals surface area (Å²) in [5.41, 5.74) is 1.97. The van der Waals surface area contributed by atoms with Crippen molar-refractivity contribution in [3.63, 3.8) is 0 Å². The molecule has 1 aromatic carbocycles. The van der Waals surface area contributed by atoms with E-state index in [0.717, 1.165) is 0 Å². The third-order valence-corrected chi connectivity index (χ3v) is 2.60. The van der Waals surface area contributed by atoms with Crippen LogP contribution in [0.2, 0.25) is 0 Å². The number of hydrogen-bond donors (Lipinski definition) is 0. The maximum Gasteiger partial charge on any atom is 0.226 e. The molecule has 0 aliphatic rings. The standard InChI is InChI=1S/C11H13NO3/c1-7(12(2)3)11(13)8-4-5-9-10(6-8)15-14-9/h4-7H,1-3H3/t7-/m0/s1. The third-order valence-electron chi connectivity index (χ3n) is 2.60. The Balaban J connectivity index is 2.28. The van der Waals surface area contributed by atoms with E-state index in [1.165, 1.54) is 0 Å². The Morgan fingerprint density at radius 3 is 2.40 bits per heavy atom. The molecule has 0 aliphatic carbocycles. The Morgan fingerprint density at radius 2 is 1.93 bits per heavy atom. The van der Waals surface area contributed by atoms with Gasteiger partial charge in [0.2, 0.25) is 11.2 Å². The first-order chi connectivity index (χ1) is 7.09. The van der Waals surface area contributed by atoms with E-state index in [0.29, 0.717) is 16.7 Å². The number of carbonyl (C=O) groups excluding carboxylic acids is 1. The summed E-state index contributed by atoms with van der Waals surface area (Å²) in [5.74, 6) is 0.0818. The van der Waals surface area contributed by atoms with Crippen LogP contribution in [0.25, 0.3) is 11.2 Å². The molecule has 0 amide bonds. The van der Waals surface area contributed by atoms with Crippen LogP contribution in [0.5, 0.6) is 0 Å². The van der Waals surface area contributed by atoms with Crippen LogP contribution >= 0.6 is 0 Å². The van der Waals surface area contributed by atoms with E-state index in [2.05, 4.69) is 0 Å². The lowest BCUT2D eigenvalue weighted by atomic mass is 10.0. The minimum absolute atomic E-state index is 0.0818. The van der Waals surface area contributed by atoms with Crippen LogP contribution in [-0.4, -0.2) is 30.8 Å². The number of fused-ring (bicyclic) bond motifs is 1. The van der Waals surface area contributed by atoms with Gasteiger partial charge in [-0.1, -0.05) is 0 Å². The van der Waals surface area contributed by atoms with Crippen LogP contribution in [0, 0.1) is 0 Å². The minimum atomic E-state index is -0.135. The maximum atomic E-state index is 11.9. The second kappa shape index (κ2) is 3.55. The summed E-state index contributed by atoms with van der Waals surface area (Å²) in [6.07, 6.45) is 0. The van der Waals surface area contributed by atoms with Gasteiger partial charge in [0.25, 0.3) is 0 Å². The van der Waals surface area contributed by atoms with Gasteiger partial charge in [0, 0.05) is 11.6 Å². The Labute approximate surface area is 87.4 Å². The van der Waals surface area contributed by atoms with Gasteiger partial charge in [-0.05, 0) is 33.2 Å². The summed E-state index contributed by atoms with van der Waals surface area (Å²) >= 11 is 0. The molecule has 0 fully saturated rings. The number of ketones is 1. The lowest BCUT2D eigenvalue weighted by Gasteiger charge is -2.18. The van der Waals surface area contributed by atoms with Gasteiger partial charge >= 0.3 is 0 Å². The molecule has 0 aliphatic heterocycles. The van der Waals surface area contributed by atoms with Crippen LogP contribution in [0.4, 0.5) is 0 Å². The molecule has 0 N–H and O–H groups in total. The second-order valence-corrected chi connectivity index (χ2v) is 3.83. The minimum Gasteiger partial charge on any atom is -0.300 e. The number of rotatable bonds is 3. The zero-order valence-corrected chi connectivity index (χ0v) is 8.98. The van der Waals surface area contributed by atoms with Gasteiger partial charge in [-0.2, -0.15) is 0 Å². The second-order valence-electron chi connectivity index (χ2n) is 3.83. The molecule has 1 aromatic heterocycles. The zero-order chi connectivity index (χ0) is 11.0. The average molecular weight is 207 g/mol. The fraction of sp³-hybridized carbons (Fsp3) is 0.364. The van der Waals surface area contributed by atoms with Crippen molar-refractivity contribution in [2.75, 3.05) is 14.1 Å². The highest BCUT2D eigenvalue weighted by Crippen LogP contribution is 2.20. The molecule has 0 saturated heterocycles. The Bertz CT molecular complexity index is 481. The van der Waals surface area contributed by atoms with Crippen LogP contribution < -0.4 is 0 Å². The fourth-order valence-corrected chi connectivity index (χ4v) is 1.33. The number of nitrogens with zero attached hydrogens (tertiary/aromatic N) is 1. The van der Waals surface area contributed by atoms with Gasteiger partial charge in [-0.15, -0.1) is 0 Å².